The van der Waals surface area contributed by atoms with Crippen LogP contribution in [0.3, 0.4) is 0 Å². The number of halogens is 3. The molecule has 0 saturated carbocycles. The number of alkyl halides is 2. The number of anilines is 1. The van der Waals surface area contributed by atoms with Crippen LogP contribution >= 0.6 is 27.7 Å². The minimum atomic E-state index is -2.90. The number of rotatable bonds is 8. The Morgan fingerprint density at radius 1 is 1.21 bits per heavy atom. The summed E-state index contributed by atoms with van der Waals surface area (Å²) in [6, 6.07) is 15.5. The summed E-state index contributed by atoms with van der Waals surface area (Å²) >= 11 is 4.66. The molecule has 0 aliphatic heterocycles. The van der Waals surface area contributed by atoms with Crippen LogP contribution in [0.1, 0.15) is 5.76 Å². The van der Waals surface area contributed by atoms with E-state index >= 15 is 0 Å². The number of nitrogens with one attached hydrogen (secondary N) is 1. The Hall–Kier alpha value is -3.18. The molecule has 170 valence electrons. The van der Waals surface area contributed by atoms with Crippen LogP contribution in [0.4, 0.5) is 14.6 Å². The largest absolute Gasteiger partial charge is 0.435 e. The minimum absolute atomic E-state index is 0.0514. The molecule has 0 atom stereocenters. The number of imidazole rings is 1. The summed E-state index contributed by atoms with van der Waals surface area (Å²) in [5.74, 6) is 0.790. The van der Waals surface area contributed by atoms with Gasteiger partial charge in [0.1, 0.15) is 11.5 Å². The van der Waals surface area contributed by atoms with Crippen LogP contribution in [0.15, 0.2) is 74.9 Å². The maximum Gasteiger partial charge on any atom is 0.387 e. The number of amides is 1. The van der Waals surface area contributed by atoms with Gasteiger partial charge in [-0.1, -0.05) is 45.0 Å². The van der Waals surface area contributed by atoms with Crippen molar-refractivity contribution in [2.45, 2.75) is 18.7 Å². The number of hydrogen-bond acceptors (Lipinski definition) is 6. The standard InChI is InChI=1S/C22H17BrF2N4O3S/c1-13-10-19(28-32-13)27-20(30)12-33-22-26-11-18(14-2-4-15(23)5-3-14)29(22)16-6-8-17(9-7-16)31-21(24)25/h2-11,21H,12H2,1H3,(H,27,28,30). The fourth-order valence-corrected chi connectivity index (χ4v) is 4.08. The second kappa shape index (κ2) is 10.2. The molecule has 1 amide bonds. The van der Waals surface area contributed by atoms with E-state index in [0.29, 0.717) is 22.4 Å². The lowest BCUT2D eigenvalue weighted by molar-refractivity contribution is -0.113. The van der Waals surface area contributed by atoms with Gasteiger partial charge in [0.05, 0.1) is 17.6 Å². The molecule has 2 aromatic heterocycles. The Morgan fingerprint density at radius 3 is 2.58 bits per heavy atom. The van der Waals surface area contributed by atoms with Gasteiger partial charge in [0.25, 0.3) is 0 Å². The molecule has 0 aliphatic rings. The smallest absolute Gasteiger partial charge is 0.387 e. The van der Waals surface area contributed by atoms with Crippen molar-refractivity contribution < 1.29 is 22.8 Å². The molecule has 0 spiro atoms. The van der Waals surface area contributed by atoms with E-state index in [0.717, 1.165) is 15.7 Å². The molecule has 0 radical (unpaired) electrons. The molecule has 0 aliphatic carbocycles. The lowest BCUT2D eigenvalue weighted by Gasteiger charge is -2.13. The van der Waals surface area contributed by atoms with Gasteiger partial charge >= 0.3 is 6.61 Å². The van der Waals surface area contributed by atoms with E-state index < -0.39 is 6.61 Å². The van der Waals surface area contributed by atoms with Crippen LogP contribution < -0.4 is 10.1 Å². The molecule has 33 heavy (non-hydrogen) atoms. The van der Waals surface area contributed by atoms with Gasteiger partial charge in [0, 0.05) is 21.8 Å². The Morgan fingerprint density at radius 2 is 1.94 bits per heavy atom. The molecule has 1 N–H and O–H groups in total. The second-order valence-corrected chi connectivity index (χ2v) is 8.66. The SMILES string of the molecule is Cc1cc(NC(=O)CSc2ncc(-c3ccc(Br)cc3)n2-c2ccc(OC(F)F)cc2)no1. The summed E-state index contributed by atoms with van der Waals surface area (Å²) in [5, 5.41) is 6.97. The number of aromatic nitrogens is 3. The number of carbonyl (C=O) groups excluding carboxylic acids is 1. The van der Waals surface area contributed by atoms with Crippen LogP contribution in [0.2, 0.25) is 0 Å². The lowest BCUT2D eigenvalue weighted by Crippen LogP contribution is -2.14. The normalized spacial score (nSPS) is 11.1. The van der Waals surface area contributed by atoms with Gasteiger partial charge < -0.3 is 14.6 Å². The summed E-state index contributed by atoms with van der Waals surface area (Å²) in [6.45, 7) is -1.17. The Labute approximate surface area is 200 Å². The first-order chi connectivity index (χ1) is 15.9. The summed E-state index contributed by atoms with van der Waals surface area (Å²) in [4.78, 5) is 16.9. The highest BCUT2D eigenvalue weighted by Gasteiger charge is 2.17. The van der Waals surface area contributed by atoms with E-state index in [1.807, 2.05) is 28.8 Å². The fraction of sp³-hybridized carbons (Fsp3) is 0.136. The Kier molecular flexibility index (Phi) is 7.09. The van der Waals surface area contributed by atoms with E-state index in [1.165, 1.54) is 23.9 Å². The molecule has 11 heteroatoms. The van der Waals surface area contributed by atoms with Gasteiger partial charge in [0.15, 0.2) is 11.0 Å². The molecule has 4 aromatic rings. The van der Waals surface area contributed by atoms with Crippen molar-refractivity contribution >= 4 is 39.4 Å². The average Bonchev–Trinajstić information content (AvgIpc) is 3.39. The predicted molar refractivity (Wildman–Crippen MR) is 124 cm³/mol. The molecule has 0 unspecified atom stereocenters. The van der Waals surface area contributed by atoms with Gasteiger partial charge in [-0.25, -0.2) is 4.98 Å². The van der Waals surface area contributed by atoms with Crippen LogP contribution in [0, 0.1) is 6.92 Å². The highest BCUT2D eigenvalue weighted by atomic mass is 79.9. The first-order valence-corrected chi connectivity index (χ1v) is 11.4. The Bertz CT molecular complexity index is 1240. The van der Waals surface area contributed by atoms with E-state index in [2.05, 4.69) is 36.1 Å². The van der Waals surface area contributed by atoms with Crippen molar-refractivity contribution in [2.24, 2.45) is 0 Å². The van der Waals surface area contributed by atoms with Crippen molar-refractivity contribution in [3.05, 3.63) is 71.0 Å². The molecule has 2 aromatic carbocycles. The number of thioether (sulfide) groups is 1. The van der Waals surface area contributed by atoms with Crippen LogP contribution in [-0.2, 0) is 4.79 Å². The molecule has 0 bridgehead atoms. The lowest BCUT2D eigenvalue weighted by atomic mass is 10.1. The van der Waals surface area contributed by atoms with Gasteiger partial charge in [-0.15, -0.1) is 0 Å². The Balaban J connectivity index is 1.61. The highest BCUT2D eigenvalue weighted by molar-refractivity contribution is 9.10. The maximum absolute atomic E-state index is 12.5. The van der Waals surface area contributed by atoms with Crippen molar-refractivity contribution in [3.8, 4) is 22.7 Å². The number of benzene rings is 2. The van der Waals surface area contributed by atoms with Crippen molar-refractivity contribution in [1.29, 1.82) is 0 Å². The highest BCUT2D eigenvalue weighted by Crippen LogP contribution is 2.31. The molecule has 0 fully saturated rings. The maximum atomic E-state index is 12.5. The zero-order valence-electron chi connectivity index (χ0n) is 17.2. The molecule has 4 rings (SSSR count). The third kappa shape index (κ3) is 5.79. The van der Waals surface area contributed by atoms with Gasteiger partial charge in [-0.2, -0.15) is 8.78 Å². The van der Waals surface area contributed by atoms with Gasteiger partial charge in [-0.05, 0) is 43.3 Å². The number of hydrogen-bond donors (Lipinski definition) is 1. The molecule has 2 heterocycles. The van der Waals surface area contributed by atoms with Crippen LogP contribution in [0.25, 0.3) is 16.9 Å². The van der Waals surface area contributed by atoms with E-state index in [4.69, 9.17) is 4.52 Å². The monoisotopic (exact) mass is 534 g/mol. The minimum Gasteiger partial charge on any atom is -0.435 e. The molecular weight excluding hydrogens is 518 g/mol. The molecular formula is C22H17BrF2N4O3S. The summed E-state index contributed by atoms with van der Waals surface area (Å²) in [5.41, 5.74) is 2.36. The predicted octanol–water partition coefficient (Wildman–Crippen LogP) is 5.93. The van der Waals surface area contributed by atoms with E-state index in [-0.39, 0.29) is 17.4 Å². The second-order valence-electron chi connectivity index (χ2n) is 6.80. The number of aryl methyl sites for hydroxylation is 1. The quantitative estimate of drug-likeness (QED) is 0.282. The first kappa shape index (κ1) is 23.0. The number of carbonyl (C=O) groups is 1. The number of nitrogens with zero attached hydrogens (tertiary/aromatic N) is 3. The van der Waals surface area contributed by atoms with E-state index in [1.54, 1.807) is 31.3 Å². The summed E-state index contributed by atoms with van der Waals surface area (Å²) in [6.07, 6.45) is 1.70. The van der Waals surface area contributed by atoms with Crippen LogP contribution in [0.5, 0.6) is 5.75 Å². The third-order valence-corrected chi connectivity index (χ3v) is 5.90. The van der Waals surface area contributed by atoms with E-state index in [9.17, 15) is 13.6 Å². The topological polar surface area (TPSA) is 82.2 Å². The third-order valence-electron chi connectivity index (χ3n) is 4.42. The first-order valence-electron chi connectivity index (χ1n) is 9.64. The van der Waals surface area contributed by atoms with Crippen LogP contribution in [-0.4, -0.2) is 33.0 Å². The number of ether oxygens (including phenoxy) is 1. The van der Waals surface area contributed by atoms with Gasteiger partial charge in [-0.3, -0.25) is 9.36 Å². The van der Waals surface area contributed by atoms with Crippen molar-refractivity contribution in [1.82, 2.24) is 14.7 Å². The van der Waals surface area contributed by atoms with Crippen molar-refractivity contribution in [3.63, 3.8) is 0 Å². The summed E-state index contributed by atoms with van der Waals surface area (Å²) < 4.78 is 37.2. The molecule has 7 nitrogen and oxygen atoms in total. The van der Waals surface area contributed by atoms with Gasteiger partial charge in [0.2, 0.25) is 5.91 Å². The fourth-order valence-electron chi connectivity index (χ4n) is 3.02. The summed E-state index contributed by atoms with van der Waals surface area (Å²) in [7, 11) is 0. The zero-order chi connectivity index (χ0) is 23.4. The van der Waals surface area contributed by atoms with Crippen molar-refractivity contribution in [2.75, 3.05) is 11.1 Å². The molecule has 0 saturated heterocycles. The average molecular weight is 535 g/mol. The zero-order valence-corrected chi connectivity index (χ0v) is 19.6.